The van der Waals surface area contributed by atoms with Crippen LogP contribution in [0.1, 0.15) is 25.0 Å². The third-order valence-electron chi connectivity index (χ3n) is 9.65. The predicted octanol–water partition coefficient (Wildman–Crippen LogP) is 12.7. The zero-order chi connectivity index (χ0) is 30.1. The first kappa shape index (κ1) is 26.2. The first-order chi connectivity index (χ1) is 22.1. The van der Waals surface area contributed by atoms with E-state index in [-0.39, 0.29) is 5.41 Å². The van der Waals surface area contributed by atoms with E-state index in [2.05, 4.69) is 170 Å². The standard InChI is InChI=1S/C43H31NS/c1-43(2)35-19-10-8-17-33(35)41-36(43)20-12-21-37(41)44(31-25-23-29(24-26-31)28-13-4-3-5-14-28)38-27-30-15-6-7-16-32(30)40-34-18-9-11-22-39(34)45-42(38)40/h3-27H,1-2H3. The van der Waals surface area contributed by atoms with Crippen molar-refractivity contribution >= 4 is 59.3 Å². The number of benzene rings is 7. The Bertz CT molecular complexity index is 2400. The minimum atomic E-state index is -0.0823. The van der Waals surface area contributed by atoms with Crippen LogP contribution in [0.3, 0.4) is 0 Å². The van der Waals surface area contributed by atoms with Crippen LogP contribution < -0.4 is 4.90 Å². The number of nitrogens with zero attached hydrogens (tertiary/aromatic N) is 1. The molecule has 2 heteroatoms. The summed E-state index contributed by atoms with van der Waals surface area (Å²) < 4.78 is 2.62. The third-order valence-corrected chi connectivity index (χ3v) is 10.8. The monoisotopic (exact) mass is 593 g/mol. The van der Waals surface area contributed by atoms with E-state index < -0.39 is 0 Å². The summed E-state index contributed by atoms with van der Waals surface area (Å²) in [7, 11) is 0. The normalized spacial score (nSPS) is 13.3. The molecule has 0 spiro atoms. The van der Waals surface area contributed by atoms with E-state index in [1.165, 1.54) is 75.7 Å². The zero-order valence-electron chi connectivity index (χ0n) is 25.3. The van der Waals surface area contributed by atoms with Crippen molar-refractivity contribution in [1.29, 1.82) is 0 Å². The summed E-state index contributed by atoms with van der Waals surface area (Å²) in [5, 5.41) is 5.21. The number of rotatable bonds is 4. The Kier molecular flexibility index (Phi) is 5.78. The second-order valence-corrected chi connectivity index (χ2v) is 13.6. The van der Waals surface area contributed by atoms with Crippen molar-refractivity contribution in [1.82, 2.24) is 0 Å². The van der Waals surface area contributed by atoms with Crippen LogP contribution in [0.25, 0.3) is 53.2 Å². The molecule has 0 unspecified atom stereocenters. The quantitative estimate of drug-likeness (QED) is 0.196. The van der Waals surface area contributed by atoms with Crippen molar-refractivity contribution in [3.63, 3.8) is 0 Å². The molecule has 1 aromatic heterocycles. The minimum absolute atomic E-state index is 0.0823. The molecule has 214 valence electrons. The van der Waals surface area contributed by atoms with Crippen molar-refractivity contribution < 1.29 is 0 Å². The molecule has 0 fully saturated rings. The zero-order valence-corrected chi connectivity index (χ0v) is 26.1. The minimum Gasteiger partial charge on any atom is -0.308 e. The lowest BCUT2D eigenvalue weighted by atomic mass is 9.82. The maximum Gasteiger partial charge on any atom is 0.0647 e. The summed E-state index contributed by atoms with van der Waals surface area (Å²) in [5.41, 5.74) is 11.4. The van der Waals surface area contributed by atoms with Crippen LogP contribution in [0.15, 0.2) is 152 Å². The van der Waals surface area contributed by atoms with Gasteiger partial charge < -0.3 is 4.90 Å². The fourth-order valence-corrected chi connectivity index (χ4v) is 8.71. The molecule has 7 aromatic carbocycles. The highest BCUT2D eigenvalue weighted by atomic mass is 32.1. The van der Waals surface area contributed by atoms with E-state index in [1.807, 2.05) is 11.3 Å². The van der Waals surface area contributed by atoms with Gasteiger partial charge in [-0.15, -0.1) is 11.3 Å². The average Bonchev–Trinajstić information content (AvgIpc) is 3.59. The van der Waals surface area contributed by atoms with Gasteiger partial charge in [-0.3, -0.25) is 0 Å². The van der Waals surface area contributed by atoms with Crippen molar-refractivity contribution in [2.45, 2.75) is 19.3 Å². The maximum atomic E-state index is 2.52. The van der Waals surface area contributed by atoms with Gasteiger partial charge >= 0.3 is 0 Å². The summed E-state index contributed by atoms with van der Waals surface area (Å²) in [6.07, 6.45) is 0. The van der Waals surface area contributed by atoms with Crippen LogP contribution in [0.4, 0.5) is 17.1 Å². The van der Waals surface area contributed by atoms with E-state index in [4.69, 9.17) is 0 Å². The molecule has 8 aromatic rings. The number of anilines is 3. The smallest absolute Gasteiger partial charge is 0.0647 e. The number of thiophene rings is 1. The van der Waals surface area contributed by atoms with Crippen molar-refractivity contribution in [3.05, 3.63) is 163 Å². The Morgan fingerprint density at radius 2 is 1.20 bits per heavy atom. The molecule has 0 atom stereocenters. The molecule has 0 bridgehead atoms. The Balaban J connectivity index is 1.38. The molecule has 1 nitrogen and oxygen atoms in total. The molecule has 0 N–H and O–H groups in total. The Hall–Kier alpha value is -5.18. The van der Waals surface area contributed by atoms with E-state index in [0.29, 0.717) is 0 Å². The molecular formula is C43H31NS. The topological polar surface area (TPSA) is 3.24 Å². The first-order valence-electron chi connectivity index (χ1n) is 15.6. The number of hydrogen-bond donors (Lipinski definition) is 0. The van der Waals surface area contributed by atoms with Gasteiger partial charge in [-0.25, -0.2) is 0 Å². The highest BCUT2D eigenvalue weighted by Crippen LogP contribution is 2.55. The third kappa shape index (κ3) is 3.92. The van der Waals surface area contributed by atoms with Gasteiger partial charge in [0.25, 0.3) is 0 Å². The van der Waals surface area contributed by atoms with Crippen LogP contribution in [-0.2, 0) is 5.41 Å². The molecule has 0 saturated carbocycles. The van der Waals surface area contributed by atoms with E-state index >= 15 is 0 Å². The molecule has 45 heavy (non-hydrogen) atoms. The van der Waals surface area contributed by atoms with Gasteiger partial charge in [0.1, 0.15) is 0 Å². The van der Waals surface area contributed by atoms with E-state index in [1.54, 1.807) is 0 Å². The molecular weight excluding hydrogens is 563 g/mol. The molecule has 1 heterocycles. The van der Waals surface area contributed by atoms with Crippen molar-refractivity contribution in [2.24, 2.45) is 0 Å². The highest BCUT2D eigenvalue weighted by molar-refractivity contribution is 7.26. The lowest BCUT2D eigenvalue weighted by Crippen LogP contribution is -2.16. The molecule has 0 saturated heterocycles. The lowest BCUT2D eigenvalue weighted by molar-refractivity contribution is 0.660. The maximum absolute atomic E-state index is 2.52. The molecule has 1 aliphatic rings. The Morgan fingerprint density at radius 1 is 0.533 bits per heavy atom. The van der Waals surface area contributed by atoms with Crippen LogP contribution in [-0.4, -0.2) is 0 Å². The van der Waals surface area contributed by atoms with Gasteiger partial charge in [0.05, 0.1) is 16.1 Å². The number of hydrogen-bond acceptors (Lipinski definition) is 2. The average molecular weight is 594 g/mol. The lowest BCUT2D eigenvalue weighted by Gasteiger charge is -2.30. The highest BCUT2D eigenvalue weighted by Gasteiger charge is 2.38. The van der Waals surface area contributed by atoms with Crippen molar-refractivity contribution in [2.75, 3.05) is 4.90 Å². The predicted molar refractivity (Wildman–Crippen MR) is 195 cm³/mol. The Labute approximate surface area is 267 Å². The fraction of sp³-hybridized carbons (Fsp3) is 0.0698. The summed E-state index contributed by atoms with van der Waals surface area (Å²) in [6.45, 7) is 4.72. The summed E-state index contributed by atoms with van der Waals surface area (Å²) >= 11 is 1.90. The summed E-state index contributed by atoms with van der Waals surface area (Å²) in [4.78, 5) is 2.52. The first-order valence-corrected chi connectivity index (χ1v) is 16.4. The second-order valence-electron chi connectivity index (χ2n) is 12.5. The van der Waals surface area contributed by atoms with Gasteiger partial charge in [0.15, 0.2) is 0 Å². The van der Waals surface area contributed by atoms with Gasteiger partial charge in [0, 0.05) is 32.1 Å². The summed E-state index contributed by atoms with van der Waals surface area (Å²) in [6, 6.07) is 55.7. The fourth-order valence-electron chi connectivity index (χ4n) is 7.49. The van der Waals surface area contributed by atoms with Crippen LogP contribution in [0.5, 0.6) is 0 Å². The second kappa shape index (κ2) is 9.92. The van der Waals surface area contributed by atoms with E-state index in [0.717, 1.165) is 5.69 Å². The molecule has 0 aliphatic heterocycles. The molecule has 9 rings (SSSR count). The van der Waals surface area contributed by atoms with Gasteiger partial charge in [0.2, 0.25) is 0 Å². The van der Waals surface area contributed by atoms with E-state index in [9.17, 15) is 0 Å². The number of fused-ring (bicyclic) bond motifs is 8. The summed E-state index contributed by atoms with van der Waals surface area (Å²) in [5.74, 6) is 0. The van der Waals surface area contributed by atoms with Gasteiger partial charge in [-0.1, -0.05) is 135 Å². The molecule has 0 amide bonds. The van der Waals surface area contributed by atoms with Crippen LogP contribution >= 0.6 is 11.3 Å². The van der Waals surface area contributed by atoms with Gasteiger partial charge in [-0.2, -0.15) is 0 Å². The Morgan fingerprint density at radius 3 is 2.04 bits per heavy atom. The van der Waals surface area contributed by atoms with Crippen LogP contribution in [0.2, 0.25) is 0 Å². The van der Waals surface area contributed by atoms with Gasteiger partial charge in [-0.05, 0) is 68.9 Å². The molecule has 0 radical (unpaired) electrons. The molecule has 1 aliphatic carbocycles. The van der Waals surface area contributed by atoms with Crippen LogP contribution in [0, 0.1) is 0 Å². The largest absolute Gasteiger partial charge is 0.308 e. The van der Waals surface area contributed by atoms with Crippen molar-refractivity contribution in [3.8, 4) is 22.3 Å². The SMILES string of the molecule is CC1(C)c2ccccc2-c2c(N(c3ccc(-c4ccccc4)cc3)c3cc4ccccc4c4c3sc3ccccc34)cccc21.